The van der Waals surface area contributed by atoms with E-state index in [1.807, 2.05) is 12.3 Å². The first kappa shape index (κ1) is 13.6. The number of hydrogen-bond donors (Lipinski definition) is 2. The number of H-pyrrole nitrogens is 1. The Kier molecular flexibility index (Phi) is 3.87. The van der Waals surface area contributed by atoms with Gasteiger partial charge in [-0.25, -0.2) is 9.97 Å². The predicted molar refractivity (Wildman–Crippen MR) is 80.8 cm³/mol. The van der Waals surface area contributed by atoms with Crippen molar-refractivity contribution in [3.05, 3.63) is 41.1 Å². The average Bonchev–Trinajstić information content (AvgIpc) is 3.06. The molecule has 0 saturated carbocycles. The molecule has 5 nitrogen and oxygen atoms in total. The molecule has 3 rings (SSSR count). The lowest BCUT2D eigenvalue weighted by atomic mass is 9.95. The number of rotatable bonds is 4. The molecular weight excluding hydrogens is 262 g/mol. The van der Waals surface area contributed by atoms with Crippen molar-refractivity contribution in [2.24, 2.45) is 0 Å². The van der Waals surface area contributed by atoms with Crippen LogP contribution in [0.15, 0.2) is 18.5 Å². The topological polar surface area (TPSA) is 77.4 Å². The van der Waals surface area contributed by atoms with Gasteiger partial charge >= 0.3 is 0 Å². The van der Waals surface area contributed by atoms with Gasteiger partial charge in [0.15, 0.2) is 0 Å². The van der Waals surface area contributed by atoms with Gasteiger partial charge in [-0.2, -0.15) is 5.26 Å². The molecule has 2 N–H and O–H groups in total. The highest BCUT2D eigenvalue weighted by molar-refractivity contribution is 5.55. The number of aromatic amines is 1. The number of nitriles is 1. The average molecular weight is 281 g/mol. The van der Waals surface area contributed by atoms with Crippen LogP contribution in [0.2, 0.25) is 0 Å². The van der Waals surface area contributed by atoms with E-state index < -0.39 is 0 Å². The maximum absolute atomic E-state index is 9.38. The highest BCUT2D eigenvalue weighted by atomic mass is 15.1. The Morgan fingerprint density at radius 2 is 2.29 bits per heavy atom. The van der Waals surface area contributed by atoms with Gasteiger partial charge in [0.25, 0.3) is 0 Å². The van der Waals surface area contributed by atoms with Crippen LogP contribution >= 0.6 is 0 Å². The predicted octanol–water partition coefficient (Wildman–Crippen LogP) is 3.12. The first-order valence-corrected chi connectivity index (χ1v) is 7.50. The Bertz CT molecular complexity index is 654. The lowest BCUT2D eigenvalue weighted by Gasteiger charge is -2.20. The lowest BCUT2D eigenvalue weighted by Crippen LogP contribution is -2.16. The molecule has 0 spiro atoms. The van der Waals surface area contributed by atoms with Crippen LogP contribution < -0.4 is 5.32 Å². The maximum Gasteiger partial charge on any atom is 0.144 e. The molecule has 0 aliphatic heterocycles. The molecule has 5 heteroatoms. The summed E-state index contributed by atoms with van der Waals surface area (Å²) in [5, 5.41) is 12.8. The summed E-state index contributed by atoms with van der Waals surface area (Å²) < 4.78 is 0. The van der Waals surface area contributed by atoms with Crippen molar-refractivity contribution in [2.75, 3.05) is 5.32 Å². The van der Waals surface area contributed by atoms with Gasteiger partial charge in [-0.15, -0.1) is 0 Å². The highest BCUT2D eigenvalue weighted by Crippen LogP contribution is 2.27. The third kappa shape index (κ3) is 2.75. The summed E-state index contributed by atoms with van der Waals surface area (Å²) in [6, 6.07) is 4.31. The number of hydrogen-bond acceptors (Lipinski definition) is 4. The molecule has 108 valence electrons. The van der Waals surface area contributed by atoms with E-state index in [0.717, 1.165) is 30.8 Å². The van der Waals surface area contributed by atoms with E-state index in [4.69, 9.17) is 4.98 Å². The zero-order valence-electron chi connectivity index (χ0n) is 12.2. The lowest BCUT2D eigenvalue weighted by molar-refractivity contribution is 0.662. The van der Waals surface area contributed by atoms with Crippen molar-refractivity contribution in [1.82, 2.24) is 15.0 Å². The second-order valence-electron chi connectivity index (χ2n) is 5.39. The van der Waals surface area contributed by atoms with Gasteiger partial charge in [0.2, 0.25) is 0 Å². The fraction of sp³-hybridized carbons (Fsp3) is 0.438. The molecule has 0 radical (unpaired) electrons. The molecular formula is C16H19N5. The van der Waals surface area contributed by atoms with E-state index in [0.29, 0.717) is 11.4 Å². The molecule has 0 aromatic carbocycles. The van der Waals surface area contributed by atoms with E-state index in [9.17, 15) is 5.26 Å². The summed E-state index contributed by atoms with van der Waals surface area (Å²) in [4.78, 5) is 12.1. The van der Waals surface area contributed by atoms with Crippen LogP contribution in [0.5, 0.6) is 0 Å². The quantitative estimate of drug-likeness (QED) is 0.902. The van der Waals surface area contributed by atoms with Crippen LogP contribution in [-0.4, -0.2) is 15.0 Å². The van der Waals surface area contributed by atoms with E-state index in [1.165, 1.54) is 18.4 Å². The molecule has 0 fully saturated rings. The minimum absolute atomic E-state index is 0.0428. The summed E-state index contributed by atoms with van der Waals surface area (Å²) >= 11 is 0. The van der Waals surface area contributed by atoms with Crippen LogP contribution in [0.25, 0.3) is 0 Å². The van der Waals surface area contributed by atoms with E-state index in [1.54, 1.807) is 6.20 Å². The molecule has 2 heterocycles. The maximum atomic E-state index is 9.38. The Labute approximate surface area is 124 Å². The molecule has 1 aliphatic rings. The first-order chi connectivity index (χ1) is 10.3. The number of aryl methyl sites for hydroxylation is 2. The standard InChI is InChI=1S/C16H19N5/c1-2-13(16-18-7-8-19-16)20-15-12(10-17)9-11-5-3-4-6-14(11)21-15/h7-9,13H,2-6H2,1H3,(H,18,19)(H,20,21). The van der Waals surface area contributed by atoms with Gasteiger partial charge in [-0.3, -0.25) is 0 Å². The first-order valence-electron chi connectivity index (χ1n) is 7.50. The van der Waals surface area contributed by atoms with Crippen molar-refractivity contribution in [1.29, 1.82) is 5.26 Å². The molecule has 2 aromatic heterocycles. The molecule has 1 aliphatic carbocycles. The smallest absolute Gasteiger partial charge is 0.144 e. The number of nitrogens with one attached hydrogen (secondary N) is 2. The van der Waals surface area contributed by atoms with Gasteiger partial charge in [-0.1, -0.05) is 6.92 Å². The summed E-state index contributed by atoms with van der Waals surface area (Å²) in [7, 11) is 0. The van der Waals surface area contributed by atoms with Gasteiger partial charge in [-0.05, 0) is 43.7 Å². The molecule has 1 unspecified atom stereocenters. The van der Waals surface area contributed by atoms with Crippen molar-refractivity contribution in [3.63, 3.8) is 0 Å². The molecule has 21 heavy (non-hydrogen) atoms. The number of fused-ring (bicyclic) bond motifs is 1. The second-order valence-corrected chi connectivity index (χ2v) is 5.39. The molecule has 2 aromatic rings. The normalized spacial score (nSPS) is 15.0. The van der Waals surface area contributed by atoms with Crippen molar-refractivity contribution in [2.45, 2.75) is 45.1 Å². The highest BCUT2D eigenvalue weighted by Gasteiger charge is 2.18. The Hall–Kier alpha value is -2.35. The largest absolute Gasteiger partial charge is 0.359 e. The zero-order chi connectivity index (χ0) is 14.7. The summed E-state index contributed by atoms with van der Waals surface area (Å²) in [5.41, 5.74) is 2.99. The second kappa shape index (κ2) is 5.96. The van der Waals surface area contributed by atoms with Crippen molar-refractivity contribution < 1.29 is 0 Å². The Morgan fingerprint density at radius 1 is 1.43 bits per heavy atom. The zero-order valence-corrected chi connectivity index (χ0v) is 12.2. The molecule has 0 bridgehead atoms. The van der Waals surface area contributed by atoms with Crippen molar-refractivity contribution in [3.8, 4) is 6.07 Å². The van der Waals surface area contributed by atoms with Crippen LogP contribution in [0.1, 0.15) is 54.9 Å². The molecule has 0 amide bonds. The van der Waals surface area contributed by atoms with Crippen molar-refractivity contribution >= 4 is 5.82 Å². The molecule has 0 saturated heterocycles. The third-order valence-electron chi connectivity index (χ3n) is 3.99. The number of anilines is 1. The van der Waals surface area contributed by atoms with Crippen LogP contribution in [0.4, 0.5) is 5.82 Å². The van der Waals surface area contributed by atoms with Gasteiger partial charge < -0.3 is 10.3 Å². The van der Waals surface area contributed by atoms with E-state index >= 15 is 0 Å². The number of aromatic nitrogens is 3. The van der Waals surface area contributed by atoms with E-state index in [-0.39, 0.29) is 6.04 Å². The Morgan fingerprint density at radius 3 is 3.00 bits per heavy atom. The fourth-order valence-corrected chi connectivity index (χ4v) is 2.83. The monoisotopic (exact) mass is 281 g/mol. The fourth-order valence-electron chi connectivity index (χ4n) is 2.83. The number of imidazole rings is 1. The summed E-state index contributed by atoms with van der Waals surface area (Å²) in [6.45, 7) is 2.09. The number of pyridine rings is 1. The van der Waals surface area contributed by atoms with Gasteiger partial charge in [0, 0.05) is 18.1 Å². The minimum Gasteiger partial charge on any atom is -0.359 e. The summed E-state index contributed by atoms with van der Waals surface area (Å²) in [5.74, 6) is 1.56. The van der Waals surface area contributed by atoms with Crippen LogP contribution in [-0.2, 0) is 12.8 Å². The third-order valence-corrected chi connectivity index (χ3v) is 3.99. The van der Waals surface area contributed by atoms with Crippen LogP contribution in [0.3, 0.4) is 0 Å². The van der Waals surface area contributed by atoms with Gasteiger partial charge in [0.05, 0.1) is 11.6 Å². The number of nitrogens with zero attached hydrogens (tertiary/aromatic N) is 3. The van der Waals surface area contributed by atoms with Gasteiger partial charge in [0.1, 0.15) is 17.7 Å². The molecule has 1 atom stereocenters. The summed E-state index contributed by atoms with van der Waals surface area (Å²) in [6.07, 6.45) is 8.84. The van der Waals surface area contributed by atoms with Crippen LogP contribution in [0, 0.1) is 11.3 Å². The minimum atomic E-state index is 0.0428. The SMILES string of the molecule is CCC(Nc1nc2c(cc1C#N)CCCC2)c1ncc[nH]1. The van der Waals surface area contributed by atoms with E-state index in [2.05, 4.69) is 28.3 Å². The Balaban J connectivity index is 1.92.